The third-order valence-corrected chi connectivity index (χ3v) is 13.1. The molecule has 0 spiro atoms. The van der Waals surface area contributed by atoms with E-state index in [0.29, 0.717) is 0 Å². The third kappa shape index (κ3) is 4.48. The normalized spacial score (nSPS) is 11.9. The van der Waals surface area contributed by atoms with E-state index >= 15 is 0 Å². The quantitative estimate of drug-likeness (QED) is 0.176. The Morgan fingerprint density at radius 1 is 0.357 bits per heavy atom. The molecule has 6 nitrogen and oxygen atoms in total. The number of hydrogen-bond donors (Lipinski definition) is 0. The van der Waals surface area contributed by atoms with Gasteiger partial charge in [0.05, 0.1) is 42.9 Å². The number of para-hydroxylation sites is 2. The Bertz CT molecular complexity index is 3250. The molecule has 0 N–H and O–H groups in total. The average molecular weight is 753 g/mol. The average Bonchev–Trinajstić information content (AvgIpc) is 4.02. The molecule has 12 aromatic rings. The van der Waals surface area contributed by atoms with E-state index in [9.17, 15) is 0 Å². The summed E-state index contributed by atoms with van der Waals surface area (Å²) in [7, 11) is 0. The minimum Gasteiger partial charge on any atom is -0.292 e. The summed E-state index contributed by atoms with van der Waals surface area (Å²) >= 11 is 3.49. The van der Waals surface area contributed by atoms with Crippen LogP contribution >= 0.6 is 22.7 Å². The van der Waals surface area contributed by atoms with Crippen molar-refractivity contribution in [3.8, 4) is 45.3 Å². The minimum absolute atomic E-state index is 0.866. The van der Waals surface area contributed by atoms with Crippen molar-refractivity contribution >= 4 is 85.1 Å². The number of nitrogens with zero attached hydrogens (tertiary/aromatic N) is 6. The van der Waals surface area contributed by atoms with E-state index in [1.54, 1.807) is 35.3 Å². The zero-order chi connectivity index (χ0) is 36.7. The predicted octanol–water partition coefficient (Wildman–Crippen LogP) is 12.9. The van der Waals surface area contributed by atoms with Crippen molar-refractivity contribution in [2.24, 2.45) is 0 Å². The SMILES string of the molecule is c1ccc(-c2c(-c3c(-c4ccccc4)n(-c4ncnc5c4sc4ccccc45)c4ccccc34)c3ccccc3n2-c2ncnc3c2sc2ccccc23)cc1. The Hall–Kier alpha value is -7.00. The van der Waals surface area contributed by atoms with Gasteiger partial charge in [-0.2, -0.15) is 0 Å². The first-order chi connectivity index (χ1) is 27.8. The van der Waals surface area contributed by atoms with Crippen LogP contribution in [0.4, 0.5) is 0 Å². The van der Waals surface area contributed by atoms with E-state index in [2.05, 4.69) is 167 Å². The summed E-state index contributed by atoms with van der Waals surface area (Å²) < 4.78 is 9.22. The first kappa shape index (κ1) is 31.4. The fourth-order valence-corrected chi connectivity index (χ4v) is 10.8. The van der Waals surface area contributed by atoms with Crippen molar-refractivity contribution in [2.45, 2.75) is 0 Å². The molecule has 0 aliphatic rings. The Morgan fingerprint density at radius 2 is 0.732 bits per heavy atom. The summed E-state index contributed by atoms with van der Waals surface area (Å²) in [5.41, 5.74) is 10.7. The van der Waals surface area contributed by atoms with Crippen LogP contribution in [0.25, 0.3) is 108 Å². The van der Waals surface area contributed by atoms with Crippen LogP contribution in [-0.2, 0) is 0 Å². The van der Waals surface area contributed by atoms with Gasteiger partial charge in [0.2, 0.25) is 0 Å². The highest BCUT2D eigenvalue weighted by Crippen LogP contribution is 2.52. The number of aromatic nitrogens is 6. The molecule has 0 saturated heterocycles. The van der Waals surface area contributed by atoms with E-state index in [1.807, 2.05) is 0 Å². The molecule has 0 amide bonds. The Morgan fingerprint density at radius 3 is 1.18 bits per heavy atom. The first-order valence-corrected chi connectivity index (χ1v) is 20.1. The molecule has 262 valence electrons. The second kappa shape index (κ2) is 12.3. The Balaban J connectivity index is 1.28. The van der Waals surface area contributed by atoms with Gasteiger partial charge >= 0.3 is 0 Å². The van der Waals surface area contributed by atoms with E-state index in [4.69, 9.17) is 19.9 Å². The summed E-state index contributed by atoms with van der Waals surface area (Å²) in [4.78, 5) is 19.9. The molecule has 8 heteroatoms. The fraction of sp³-hybridized carbons (Fsp3) is 0. The highest BCUT2D eigenvalue weighted by atomic mass is 32.1. The molecular weight excluding hydrogens is 725 g/mol. The number of benzene rings is 6. The summed E-state index contributed by atoms with van der Waals surface area (Å²) in [5.74, 6) is 1.73. The van der Waals surface area contributed by atoms with Crippen LogP contribution in [0.15, 0.2) is 170 Å². The molecule has 0 unspecified atom stereocenters. The van der Waals surface area contributed by atoms with Gasteiger partial charge in [-0.25, -0.2) is 19.9 Å². The number of thiophene rings is 2. The molecule has 0 aliphatic heterocycles. The highest BCUT2D eigenvalue weighted by Gasteiger charge is 2.31. The molecule has 6 aromatic carbocycles. The lowest BCUT2D eigenvalue weighted by atomic mass is 9.93. The Labute approximate surface area is 328 Å². The maximum atomic E-state index is 5.11. The minimum atomic E-state index is 0.866. The maximum absolute atomic E-state index is 5.11. The molecule has 0 atom stereocenters. The lowest BCUT2D eigenvalue weighted by molar-refractivity contribution is 1.05. The molecule has 0 aliphatic carbocycles. The van der Waals surface area contributed by atoms with Crippen molar-refractivity contribution in [1.29, 1.82) is 0 Å². The molecule has 6 heterocycles. The van der Waals surface area contributed by atoms with Gasteiger partial charge in [0.25, 0.3) is 0 Å². The van der Waals surface area contributed by atoms with Crippen LogP contribution in [0.1, 0.15) is 0 Å². The molecular formula is C48H28N6S2. The predicted molar refractivity (Wildman–Crippen MR) is 233 cm³/mol. The van der Waals surface area contributed by atoms with Crippen LogP contribution in [0, 0.1) is 0 Å². The van der Waals surface area contributed by atoms with Gasteiger partial charge in [-0.1, -0.05) is 133 Å². The molecule has 0 radical (unpaired) electrons. The van der Waals surface area contributed by atoms with Crippen molar-refractivity contribution in [3.05, 3.63) is 170 Å². The van der Waals surface area contributed by atoms with Crippen LogP contribution in [0.3, 0.4) is 0 Å². The summed E-state index contributed by atoms with van der Waals surface area (Å²) in [6.07, 6.45) is 3.43. The zero-order valence-electron chi connectivity index (χ0n) is 29.7. The van der Waals surface area contributed by atoms with Crippen LogP contribution < -0.4 is 0 Å². The maximum Gasteiger partial charge on any atom is 0.159 e. The molecule has 0 bridgehead atoms. The smallest absolute Gasteiger partial charge is 0.159 e. The van der Waals surface area contributed by atoms with Crippen molar-refractivity contribution in [2.75, 3.05) is 0 Å². The van der Waals surface area contributed by atoms with Gasteiger partial charge in [0.1, 0.15) is 12.7 Å². The molecule has 6 aromatic heterocycles. The summed E-state index contributed by atoms with van der Waals surface area (Å²) in [5, 5.41) is 4.55. The monoisotopic (exact) mass is 752 g/mol. The largest absolute Gasteiger partial charge is 0.292 e. The summed E-state index contributed by atoms with van der Waals surface area (Å²) in [6.45, 7) is 0. The van der Waals surface area contributed by atoms with Gasteiger partial charge in [0.15, 0.2) is 11.6 Å². The Kier molecular flexibility index (Phi) is 6.87. The second-order valence-corrected chi connectivity index (χ2v) is 15.9. The van der Waals surface area contributed by atoms with E-state index in [1.165, 1.54) is 9.40 Å². The second-order valence-electron chi connectivity index (χ2n) is 13.8. The van der Waals surface area contributed by atoms with Gasteiger partial charge in [-0.05, 0) is 35.4 Å². The number of hydrogen-bond acceptors (Lipinski definition) is 6. The van der Waals surface area contributed by atoms with Crippen molar-refractivity contribution in [1.82, 2.24) is 29.1 Å². The van der Waals surface area contributed by atoms with Crippen molar-refractivity contribution < 1.29 is 0 Å². The lowest BCUT2D eigenvalue weighted by Crippen LogP contribution is -2.02. The molecule has 56 heavy (non-hydrogen) atoms. The number of rotatable bonds is 5. The fourth-order valence-electron chi connectivity index (χ4n) is 8.51. The number of fused-ring (bicyclic) bond motifs is 8. The van der Waals surface area contributed by atoms with Gasteiger partial charge in [-0.3, -0.25) is 9.13 Å². The lowest BCUT2D eigenvalue weighted by Gasteiger charge is -2.15. The van der Waals surface area contributed by atoms with E-state index < -0.39 is 0 Å². The van der Waals surface area contributed by atoms with Crippen molar-refractivity contribution in [3.63, 3.8) is 0 Å². The highest BCUT2D eigenvalue weighted by molar-refractivity contribution is 7.26. The topological polar surface area (TPSA) is 61.4 Å². The van der Waals surface area contributed by atoms with Gasteiger partial charge in [0, 0.05) is 42.1 Å². The van der Waals surface area contributed by atoms with Gasteiger partial charge in [-0.15, -0.1) is 22.7 Å². The van der Waals surface area contributed by atoms with E-state index in [0.717, 1.165) is 98.3 Å². The molecule has 0 saturated carbocycles. The zero-order valence-corrected chi connectivity index (χ0v) is 31.3. The van der Waals surface area contributed by atoms with Crippen LogP contribution in [0.5, 0.6) is 0 Å². The molecule has 12 rings (SSSR count). The van der Waals surface area contributed by atoms with E-state index in [-0.39, 0.29) is 0 Å². The third-order valence-electron chi connectivity index (χ3n) is 10.8. The first-order valence-electron chi connectivity index (χ1n) is 18.5. The van der Waals surface area contributed by atoms with Crippen LogP contribution in [0.2, 0.25) is 0 Å². The summed E-state index contributed by atoms with van der Waals surface area (Å²) in [6, 6.07) is 56.0. The van der Waals surface area contributed by atoms with Crippen LogP contribution in [-0.4, -0.2) is 29.1 Å². The molecule has 0 fully saturated rings. The van der Waals surface area contributed by atoms with Gasteiger partial charge < -0.3 is 0 Å². The standard InChI is InChI=1S/C48H28N6S2/c1-3-15-29(16-4-1)43-39(31-19-7-11-23-35(31)53(43)47-45-41(49-27-51-47)33-21-9-13-25-37(33)55-45)40-32-20-8-12-24-36(32)54(44(40)30-17-5-2-6-18-30)48-46-42(50-28-52-48)34-22-10-14-26-38(34)56-46/h1-28H.